The van der Waals surface area contributed by atoms with Crippen LogP contribution < -0.4 is 21.8 Å². The minimum Gasteiger partial charge on any atom is -0.477 e. The third kappa shape index (κ3) is 3.53. The van der Waals surface area contributed by atoms with Gasteiger partial charge in [-0.1, -0.05) is 12.1 Å². The maximum absolute atomic E-state index is 12.5. The molecule has 166 valence electrons. The Balaban J connectivity index is 1.48. The Morgan fingerprint density at radius 2 is 1.91 bits per heavy atom. The van der Waals surface area contributed by atoms with E-state index < -0.39 is 11.4 Å². The van der Waals surface area contributed by atoms with Gasteiger partial charge in [0.1, 0.15) is 11.4 Å². The smallest absolute Gasteiger partial charge is 0.341 e. The summed E-state index contributed by atoms with van der Waals surface area (Å²) in [7, 11) is 1.74. The van der Waals surface area contributed by atoms with Crippen LogP contribution in [0, 0.1) is 0 Å². The molecule has 0 atom stereocenters. The summed E-state index contributed by atoms with van der Waals surface area (Å²) >= 11 is 0. The monoisotopic (exact) mass is 442 g/mol. The fourth-order valence-corrected chi connectivity index (χ4v) is 4.39. The van der Waals surface area contributed by atoms with Crippen molar-refractivity contribution in [3.8, 4) is 11.1 Å². The Labute approximate surface area is 188 Å². The van der Waals surface area contributed by atoms with E-state index in [-0.39, 0.29) is 11.5 Å². The number of nitrogen functional groups attached to an aromatic ring is 2. The lowest BCUT2D eigenvalue weighted by Gasteiger charge is -2.20. The van der Waals surface area contributed by atoms with Crippen LogP contribution in [0.1, 0.15) is 21.5 Å². The lowest BCUT2D eigenvalue weighted by atomic mass is 9.99. The first-order chi connectivity index (χ1) is 15.8. The number of anilines is 3. The third-order valence-electron chi connectivity index (χ3n) is 6.10. The van der Waals surface area contributed by atoms with Gasteiger partial charge in [-0.05, 0) is 47.4 Å². The van der Waals surface area contributed by atoms with Crippen molar-refractivity contribution >= 4 is 34.3 Å². The van der Waals surface area contributed by atoms with Crippen LogP contribution in [0.4, 0.5) is 17.5 Å². The zero-order valence-corrected chi connectivity index (χ0v) is 17.9. The molecule has 33 heavy (non-hydrogen) atoms. The molecule has 0 saturated heterocycles. The summed E-state index contributed by atoms with van der Waals surface area (Å²) in [6.45, 7) is 1.45. The van der Waals surface area contributed by atoms with E-state index in [0.717, 1.165) is 35.3 Å². The molecule has 0 amide bonds. The summed E-state index contributed by atoms with van der Waals surface area (Å²) in [6.07, 6.45) is 3.93. The second-order valence-electron chi connectivity index (χ2n) is 8.17. The molecule has 0 radical (unpaired) electrons. The van der Waals surface area contributed by atoms with Gasteiger partial charge in [0, 0.05) is 49.2 Å². The fraction of sp³-hybridized carbons (Fsp3) is 0.167. The second-order valence-corrected chi connectivity index (χ2v) is 8.17. The number of aryl methyl sites for hydroxylation is 1. The van der Waals surface area contributed by atoms with E-state index >= 15 is 0 Å². The summed E-state index contributed by atoms with van der Waals surface area (Å²) < 4.78 is 1.68. The van der Waals surface area contributed by atoms with Crippen LogP contribution in [0.2, 0.25) is 0 Å². The van der Waals surface area contributed by atoms with Gasteiger partial charge in [-0.25, -0.2) is 9.78 Å². The lowest BCUT2D eigenvalue weighted by molar-refractivity contribution is 0.0695. The first-order valence-electron chi connectivity index (χ1n) is 10.4. The van der Waals surface area contributed by atoms with E-state index in [9.17, 15) is 14.7 Å². The van der Waals surface area contributed by atoms with Crippen molar-refractivity contribution in [3.63, 3.8) is 0 Å². The van der Waals surface area contributed by atoms with Crippen molar-refractivity contribution < 1.29 is 9.90 Å². The van der Waals surface area contributed by atoms with Crippen LogP contribution in [-0.2, 0) is 20.0 Å². The zero-order valence-electron chi connectivity index (χ0n) is 17.9. The van der Waals surface area contributed by atoms with Gasteiger partial charge >= 0.3 is 5.97 Å². The number of nitrogens with zero attached hydrogens (tertiary/aromatic N) is 4. The molecule has 1 aliphatic rings. The number of benzene rings is 2. The summed E-state index contributed by atoms with van der Waals surface area (Å²) in [5.74, 6) is -0.674. The molecule has 0 saturated carbocycles. The van der Waals surface area contributed by atoms with Crippen molar-refractivity contribution in [1.29, 1.82) is 0 Å². The zero-order chi connectivity index (χ0) is 23.3. The van der Waals surface area contributed by atoms with Crippen molar-refractivity contribution in [1.82, 2.24) is 14.5 Å². The Bertz CT molecular complexity index is 1490. The minimum atomic E-state index is -1.22. The molecule has 0 unspecified atom stereocenters. The molecule has 0 bridgehead atoms. The van der Waals surface area contributed by atoms with Gasteiger partial charge in [0.25, 0.3) is 0 Å². The maximum atomic E-state index is 12.5. The van der Waals surface area contributed by atoms with E-state index in [4.69, 9.17) is 11.5 Å². The molecule has 3 heterocycles. The predicted octanol–water partition coefficient (Wildman–Crippen LogP) is 2.42. The molecular formula is C24H22N6O3. The van der Waals surface area contributed by atoms with Gasteiger partial charge < -0.3 is 26.0 Å². The van der Waals surface area contributed by atoms with Gasteiger partial charge in [-0.15, -0.1) is 0 Å². The lowest BCUT2D eigenvalue weighted by Crippen LogP contribution is -2.21. The number of hydrogen-bond acceptors (Lipinski definition) is 7. The van der Waals surface area contributed by atoms with Gasteiger partial charge in [0.2, 0.25) is 11.4 Å². The van der Waals surface area contributed by atoms with E-state index in [1.54, 1.807) is 23.9 Å². The first kappa shape index (κ1) is 20.5. The summed E-state index contributed by atoms with van der Waals surface area (Å²) in [4.78, 5) is 34.2. The molecule has 5 N–H and O–H groups in total. The molecule has 1 aliphatic heterocycles. The van der Waals surface area contributed by atoms with Crippen molar-refractivity contribution in [2.24, 2.45) is 7.05 Å². The number of nitrogens with two attached hydrogens (primary N) is 2. The first-order valence-corrected chi connectivity index (χ1v) is 10.4. The van der Waals surface area contributed by atoms with Crippen molar-refractivity contribution in [2.45, 2.75) is 13.0 Å². The van der Waals surface area contributed by atoms with Crippen LogP contribution in [-0.4, -0.2) is 32.2 Å². The van der Waals surface area contributed by atoms with Crippen LogP contribution in [0.5, 0.6) is 0 Å². The average molecular weight is 442 g/mol. The normalized spacial score (nSPS) is 12.8. The average Bonchev–Trinajstić information content (AvgIpc) is 3.19. The highest BCUT2D eigenvalue weighted by Crippen LogP contribution is 2.34. The minimum absolute atomic E-state index is 0.162. The molecule has 2 aromatic carbocycles. The number of rotatable bonds is 4. The highest BCUT2D eigenvalue weighted by atomic mass is 16.4. The van der Waals surface area contributed by atoms with Crippen LogP contribution in [0.25, 0.3) is 22.0 Å². The maximum Gasteiger partial charge on any atom is 0.341 e. The van der Waals surface area contributed by atoms with E-state index in [1.807, 2.05) is 18.2 Å². The quantitative estimate of drug-likeness (QED) is 0.438. The Morgan fingerprint density at radius 1 is 1.15 bits per heavy atom. The highest BCUT2D eigenvalue weighted by Gasteiger charge is 2.21. The molecule has 9 nitrogen and oxygen atoms in total. The van der Waals surface area contributed by atoms with Crippen molar-refractivity contribution in [3.05, 3.63) is 75.7 Å². The number of aromatic carboxylic acids is 1. The Kier molecular flexibility index (Phi) is 4.74. The van der Waals surface area contributed by atoms with Crippen LogP contribution in [0.15, 0.2) is 53.6 Å². The van der Waals surface area contributed by atoms with E-state index in [1.165, 1.54) is 11.8 Å². The molecule has 5 rings (SSSR count). The topological polar surface area (TPSA) is 140 Å². The number of aromatic nitrogens is 3. The van der Waals surface area contributed by atoms with Crippen LogP contribution in [0.3, 0.4) is 0 Å². The third-order valence-corrected chi connectivity index (χ3v) is 6.10. The largest absolute Gasteiger partial charge is 0.477 e. The highest BCUT2D eigenvalue weighted by molar-refractivity contribution is 5.93. The fourth-order valence-electron chi connectivity index (χ4n) is 4.39. The standard InChI is InChI=1S/C24H22N6O3/c1-29-12-18(23(32)33)21(31)17-4-2-14(9-20(17)29)13-3-5-19-15(8-13)6-7-30(19)11-16-10-27-24(26)28-22(16)25/h2-5,8-10,12H,6-7,11H2,1H3,(H,32,33)(H4,25,26,27,28). The van der Waals surface area contributed by atoms with E-state index in [0.29, 0.717) is 23.3 Å². The molecule has 2 aromatic heterocycles. The molecule has 4 aromatic rings. The number of carboxylic acid groups (broad SMARTS) is 1. The second kappa shape index (κ2) is 7.63. The van der Waals surface area contributed by atoms with Gasteiger partial charge in [0.05, 0.1) is 5.52 Å². The summed E-state index contributed by atoms with van der Waals surface area (Å²) in [6, 6.07) is 11.8. The van der Waals surface area contributed by atoms with Crippen LogP contribution >= 0.6 is 0 Å². The number of fused-ring (bicyclic) bond motifs is 2. The summed E-state index contributed by atoms with van der Waals surface area (Å²) in [5, 5.41) is 9.66. The molecule has 9 heteroatoms. The summed E-state index contributed by atoms with van der Waals surface area (Å²) in [5.41, 5.74) is 16.7. The number of hydrogen-bond donors (Lipinski definition) is 3. The van der Waals surface area contributed by atoms with Gasteiger partial charge in [0.15, 0.2) is 0 Å². The van der Waals surface area contributed by atoms with Crippen molar-refractivity contribution in [2.75, 3.05) is 22.9 Å². The SMILES string of the molecule is Cn1cc(C(=O)O)c(=O)c2ccc(-c3ccc4c(c3)CCN4Cc3cnc(N)nc3N)cc21. The van der Waals surface area contributed by atoms with Gasteiger partial charge in [-0.2, -0.15) is 4.98 Å². The molecule has 0 spiro atoms. The number of pyridine rings is 1. The van der Waals surface area contributed by atoms with Gasteiger partial charge in [-0.3, -0.25) is 4.79 Å². The van der Waals surface area contributed by atoms with E-state index in [2.05, 4.69) is 27.0 Å². The molecule has 0 fully saturated rings. The molecule has 0 aliphatic carbocycles. The number of carbonyl (C=O) groups is 1. The predicted molar refractivity (Wildman–Crippen MR) is 127 cm³/mol. The Hall–Kier alpha value is -4.40. The Morgan fingerprint density at radius 3 is 2.67 bits per heavy atom. The number of carboxylic acids is 1. The molecular weight excluding hydrogens is 420 g/mol.